The number of halogens is 1. The van der Waals surface area contributed by atoms with Crippen LogP contribution >= 0.6 is 11.6 Å². The fraction of sp³-hybridized carbons (Fsp3) is 1.00. The second kappa shape index (κ2) is 9.18. The van der Waals surface area contributed by atoms with Crippen molar-refractivity contribution in [1.29, 1.82) is 0 Å². The standard InChI is InChI=1S/C14H29ClO2/c1-6-12(11-13(16-4)17-5)9-8-10-14(3,15)7-2/h12-13H,6-11H2,1-5H3. The maximum absolute atomic E-state index is 6.36. The van der Waals surface area contributed by atoms with E-state index in [1.165, 1.54) is 19.3 Å². The first-order chi connectivity index (χ1) is 7.99. The van der Waals surface area contributed by atoms with Crippen LogP contribution in [0.2, 0.25) is 0 Å². The number of rotatable bonds is 10. The molecule has 0 N–H and O–H groups in total. The van der Waals surface area contributed by atoms with E-state index in [1.807, 2.05) is 0 Å². The van der Waals surface area contributed by atoms with Crippen LogP contribution in [-0.4, -0.2) is 25.4 Å². The molecule has 0 bridgehead atoms. The molecular formula is C14H29ClO2. The molecule has 0 radical (unpaired) electrons. The third kappa shape index (κ3) is 8.01. The quantitative estimate of drug-likeness (QED) is 0.424. The largest absolute Gasteiger partial charge is 0.356 e. The van der Waals surface area contributed by atoms with Gasteiger partial charge in [0.2, 0.25) is 0 Å². The lowest BCUT2D eigenvalue weighted by atomic mass is 9.92. The van der Waals surface area contributed by atoms with E-state index in [0.717, 1.165) is 19.3 Å². The van der Waals surface area contributed by atoms with E-state index < -0.39 is 0 Å². The highest BCUT2D eigenvalue weighted by atomic mass is 35.5. The molecule has 0 fully saturated rings. The zero-order valence-electron chi connectivity index (χ0n) is 12.1. The molecule has 17 heavy (non-hydrogen) atoms. The van der Waals surface area contributed by atoms with Crippen LogP contribution in [0.15, 0.2) is 0 Å². The predicted octanol–water partition coefficient (Wildman–Crippen LogP) is 4.60. The van der Waals surface area contributed by atoms with Gasteiger partial charge in [0.25, 0.3) is 0 Å². The summed E-state index contributed by atoms with van der Waals surface area (Å²) in [4.78, 5) is -0.0276. The summed E-state index contributed by atoms with van der Waals surface area (Å²) in [7, 11) is 3.40. The van der Waals surface area contributed by atoms with Crippen LogP contribution in [0.4, 0.5) is 0 Å². The third-order valence-electron chi connectivity index (χ3n) is 3.68. The van der Waals surface area contributed by atoms with Crippen molar-refractivity contribution < 1.29 is 9.47 Å². The molecule has 3 heteroatoms. The summed E-state index contributed by atoms with van der Waals surface area (Å²) in [6, 6.07) is 0. The second-order valence-electron chi connectivity index (χ2n) is 5.07. The van der Waals surface area contributed by atoms with E-state index in [9.17, 15) is 0 Å². The molecule has 0 rings (SSSR count). The van der Waals surface area contributed by atoms with Gasteiger partial charge in [0.05, 0.1) is 0 Å². The van der Waals surface area contributed by atoms with Crippen molar-refractivity contribution in [1.82, 2.24) is 0 Å². The van der Waals surface area contributed by atoms with Gasteiger partial charge in [-0.1, -0.05) is 33.1 Å². The first kappa shape index (κ1) is 17.2. The van der Waals surface area contributed by atoms with E-state index in [4.69, 9.17) is 21.1 Å². The molecule has 2 unspecified atom stereocenters. The van der Waals surface area contributed by atoms with E-state index in [0.29, 0.717) is 5.92 Å². The minimum Gasteiger partial charge on any atom is -0.356 e. The van der Waals surface area contributed by atoms with Crippen molar-refractivity contribution in [3.05, 3.63) is 0 Å². The van der Waals surface area contributed by atoms with Crippen molar-refractivity contribution >= 4 is 11.6 Å². The summed E-state index contributed by atoms with van der Waals surface area (Å²) in [6.45, 7) is 6.51. The number of alkyl halides is 1. The summed E-state index contributed by atoms with van der Waals surface area (Å²) in [5.41, 5.74) is 0. The Hall–Kier alpha value is 0.210. The minimum absolute atomic E-state index is 0.0276. The Balaban J connectivity index is 3.90. The molecule has 0 spiro atoms. The van der Waals surface area contributed by atoms with Crippen molar-refractivity contribution in [2.24, 2.45) is 5.92 Å². The summed E-state index contributed by atoms with van der Waals surface area (Å²) in [5, 5.41) is 0. The Morgan fingerprint density at radius 1 is 1.18 bits per heavy atom. The SMILES string of the molecule is CCC(CCCC(C)(Cl)CC)CC(OC)OC. The molecule has 2 atom stereocenters. The van der Waals surface area contributed by atoms with Gasteiger partial charge in [0.15, 0.2) is 6.29 Å². The zero-order valence-corrected chi connectivity index (χ0v) is 12.8. The Labute approximate surface area is 112 Å². The molecule has 0 aliphatic rings. The first-order valence-electron chi connectivity index (χ1n) is 6.73. The molecule has 0 saturated carbocycles. The molecule has 104 valence electrons. The molecule has 0 amide bonds. The van der Waals surface area contributed by atoms with Gasteiger partial charge in [-0.05, 0) is 25.7 Å². The zero-order chi connectivity index (χ0) is 13.3. The van der Waals surface area contributed by atoms with Gasteiger partial charge >= 0.3 is 0 Å². The number of hydrogen-bond acceptors (Lipinski definition) is 2. The van der Waals surface area contributed by atoms with Crippen molar-refractivity contribution in [2.75, 3.05) is 14.2 Å². The lowest BCUT2D eigenvalue weighted by Crippen LogP contribution is -2.19. The molecule has 0 aromatic rings. The van der Waals surface area contributed by atoms with Crippen LogP contribution in [0.3, 0.4) is 0 Å². The lowest BCUT2D eigenvalue weighted by molar-refractivity contribution is -0.114. The van der Waals surface area contributed by atoms with E-state index in [1.54, 1.807) is 14.2 Å². The van der Waals surface area contributed by atoms with Crippen LogP contribution in [0, 0.1) is 5.92 Å². The monoisotopic (exact) mass is 264 g/mol. The van der Waals surface area contributed by atoms with E-state index in [2.05, 4.69) is 20.8 Å². The van der Waals surface area contributed by atoms with Crippen LogP contribution in [0.25, 0.3) is 0 Å². The Morgan fingerprint density at radius 2 is 1.76 bits per heavy atom. The normalized spacial score (nSPS) is 17.1. The molecule has 0 aliphatic carbocycles. The maximum atomic E-state index is 6.36. The fourth-order valence-corrected chi connectivity index (χ4v) is 2.12. The highest BCUT2D eigenvalue weighted by Crippen LogP contribution is 2.28. The van der Waals surface area contributed by atoms with Crippen molar-refractivity contribution in [3.8, 4) is 0 Å². The van der Waals surface area contributed by atoms with Gasteiger partial charge in [-0.2, -0.15) is 0 Å². The lowest BCUT2D eigenvalue weighted by Gasteiger charge is -2.23. The smallest absolute Gasteiger partial charge is 0.157 e. The van der Waals surface area contributed by atoms with Gasteiger partial charge in [0, 0.05) is 25.5 Å². The molecule has 0 aliphatic heterocycles. The van der Waals surface area contributed by atoms with E-state index >= 15 is 0 Å². The summed E-state index contributed by atoms with van der Waals surface area (Å²) in [6.07, 6.45) is 6.61. The topological polar surface area (TPSA) is 18.5 Å². The molecule has 2 nitrogen and oxygen atoms in total. The van der Waals surface area contributed by atoms with Crippen molar-refractivity contribution in [3.63, 3.8) is 0 Å². The van der Waals surface area contributed by atoms with E-state index in [-0.39, 0.29) is 11.2 Å². The molecule has 0 heterocycles. The average Bonchev–Trinajstić information content (AvgIpc) is 2.33. The number of hydrogen-bond donors (Lipinski definition) is 0. The van der Waals surface area contributed by atoms with Gasteiger partial charge in [0.1, 0.15) is 0 Å². The number of ether oxygens (including phenoxy) is 2. The third-order valence-corrected chi connectivity index (χ3v) is 4.13. The fourth-order valence-electron chi connectivity index (χ4n) is 1.99. The highest BCUT2D eigenvalue weighted by molar-refractivity contribution is 6.23. The molecule has 0 aromatic heterocycles. The number of methoxy groups -OCH3 is 2. The van der Waals surface area contributed by atoms with Crippen LogP contribution in [0.1, 0.15) is 59.3 Å². The van der Waals surface area contributed by atoms with Gasteiger partial charge in [-0.3, -0.25) is 0 Å². The first-order valence-corrected chi connectivity index (χ1v) is 7.11. The van der Waals surface area contributed by atoms with Gasteiger partial charge in [-0.15, -0.1) is 11.6 Å². The summed E-state index contributed by atoms with van der Waals surface area (Å²) < 4.78 is 10.5. The van der Waals surface area contributed by atoms with Crippen molar-refractivity contribution in [2.45, 2.75) is 70.5 Å². The minimum atomic E-state index is -0.0616. The van der Waals surface area contributed by atoms with Crippen LogP contribution in [0.5, 0.6) is 0 Å². The second-order valence-corrected chi connectivity index (χ2v) is 5.98. The maximum Gasteiger partial charge on any atom is 0.157 e. The predicted molar refractivity (Wildman–Crippen MR) is 74.6 cm³/mol. The molecular weight excluding hydrogens is 236 g/mol. The van der Waals surface area contributed by atoms with Gasteiger partial charge < -0.3 is 9.47 Å². The molecule has 0 saturated heterocycles. The van der Waals surface area contributed by atoms with Gasteiger partial charge in [-0.25, -0.2) is 0 Å². The highest BCUT2D eigenvalue weighted by Gasteiger charge is 2.19. The van der Waals surface area contributed by atoms with Crippen LogP contribution in [-0.2, 0) is 9.47 Å². The summed E-state index contributed by atoms with van der Waals surface area (Å²) >= 11 is 6.36. The molecule has 0 aromatic carbocycles. The average molecular weight is 265 g/mol. The Bertz CT molecular complexity index is 179. The van der Waals surface area contributed by atoms with Crippen LogP contribution < -0.4 is 0 Å². The summed E-state index contributed by atoms with van der Waals surface area (Å²) in [5.74, 6) is 0.671. The Kier molecular flexibility index (Phi) is 9.29. The Morgan fingerprint density at radius 3 is 2.18 bits per heavy atom.